The van der Waals surface area contributed by atoms with E-state index in [0.717, 1.165) is 22.4 Å². The van der Waals surface area contributed by atoms with Crippen LogP contribution in [0.5, 0.6) is 5.75 Å². The molecule has 0 amide bonds. The van der Waals surface area contributed by atoms with Gasteiger partial charge in [0.25, 0.3) is 0 Å². The van der Waals surface area contributed by atoms with Crippen LogP contribution in [0.1, 0.15) is 40.8 Å². The van der Waals surface area contributed by atoms with E-state index in [9.17, 15) is 5.11 Å². The number of aliphatic hydroxyl groups excluding tert-OH is 1. The second kappa shape index (κ2) is 6.10. The maximum atomic E-state index is 9.79. The van der Waals surface area contributed by atoms with Crippen molar-refractivity contribution in [2.75, 3.05) is 0 Å². The molecule has 0 fully saturated rings. The van der Waals surface area contributed by atoms with Crippen LogP contribution in [-0.4, -0.2) is 5.11 Å². The molecule has 2 rings (SSSR count). The van der Waals surface area contributed by atoms with Crippen LogP contribution in [0.25, 0.3) is 0 Å². The Bertz CT molecular complexity index is 600. The van der Waals surface area contributed by atoms with Gasteiger partial charge in [-0.15, -0.1) is 0 Å². The molecule has 1 unspecified atom stereocenters. The van der Waals surface area contributed by atoms with Gasteiger partial charge in [0, 0.05) is 5.56 Å². The molecule has 0 aliphatic carbocycles. The predicted octanol–water partition coefficient (Wildman–Crippen LogP) is 4.24. The van der Waals surface area contributed by atoms with Crippen molar-refractivity contribution in [1.29, 1.82) is 0 Å². The number of aliphatic hydroxyl groups is 1. The molecule has 2 aromatic rings. The minimum atomic E-state index is -0.523. The van der Waals surface area contributed by atoms with E-state index in [-0.39, 0.29) is 0 Å². The molecule has 20 heavy (non-hydrogen) atoms. The van der Waals surface area contributed by atoms with Gasteiger partial charge in [-0.1, -0.05) is 30.3 Å². The zero-order chi connectivity index (χ0) is 14.7. The Morgan fingerprint density at radius 1 is 1.00 bits per heavy atom. The second-order valence-corrected chi connectivity index (χ2v) is 5.42. The molecule has 0 heterocycles. The number of ether oxygens (including phenoxy) is 1. The summed E-state index contributed by atoms with van der Waals surface area (Å²) in [5.74, 6) is 0.762. The van der Waals surface area contributed by atoms with E-state index in [1.807, 2.05) is 25.1 Å². The Labute approximate surface area is 121 Å². The number of aryl methyl sites for hydroxylation is 3. The lowest BCUT2D eigenvalue weighted by Crippen LogP contribution is -2.02. The molecule has 0 aliphatic heterocycles. The van der Waals surface area contributed by atoms with E-state index in [0.29, 0.717) is 6.61 Å². The SMILES string of the molecule is Cc1ccc(C(C)O)c(OCc2ccc(C)c(C)c2)c1. The highest BCUT2D eigenvalue weighted by Crippen LogP contribution is 2.27. The monoisotopic (exact) mass is 270 g/mol. The fourth-order valence-corrected chi connectivity index (χ4v) is 2.17. The Kier molecular flexibility index (Phi) is 4.46. The van der Waals surface area contributed by atoms with E-state index >= 15 is 0 Å². The third-order valence-electron chi connectivity index (χ3n) is 3.58. The lowest BCUT2D eigenvalue weighted by atomic mass is 10.1. The molecule has 0 spiro atoms. The Hall–Kier alpha value is -1.80. The molecule has 0 aliphatic rings. The maximum Gasteiger partial charge on any atom is 0.125 e. The first kappa shape index (κ1) is 14.6. The quantitative estimate of drug-likeness (QED) is 0.900. The van der Waals surface area contributed by atoms with Gasteiger partial charge in [-0.05, 0) is 56.0 Å². The van der Waals surface area contributed by atoms with Crippen molar-refractivity contribution in [3.05, 3.63) is 64.2 Å². The van der Waals surface area contributed by atoms with Crippen LogP contribution in [-0.2, 0) is 6.61 Å². The highest BCUT2D eigenvalue weighted by molar-refractivity contribution is 5.39. The Morgan fingerprint density at radius 3 is 2.40 bits per heavy atom. The van der Waals surface area contributed by atoms with Crippen LogP contribution in [0, 0.1) is 20.8 Å². The lowest BCUT2D eigenvalue weighted by Gasteiger charge is -2.15. The van der Waals surface area contributed by atoms with Crippen LogP contribution < -0.4 is 4.74 Å². The first-order valence-corrected chi connectivity index (χ1v) is 6.95. The van der Waals surface area contributed by atoms with Crippen LogP contribution >= 0.6 is 0 Å². The molecule has 0 aromatic heterocycles. The van der Waals surface area contributed by atoms with Gasteiger partial charge < -0.3 is 9.84 Å². The van der Waals surface area contributed by atoms with Crippen molar-refractivity contribution < 1.29 is 9.84 Å². The fourth-order valence-electron chi connectivity index (χ4n) is 2.17. The average Bonchev–Trinajstić information content (AvgIpc) is 2.40. The maximum absolute atomic E-state index is 9.79. The fraction of sp³-hybridized carbons (Fsp3) is 0.333. The molecule has 0 saturated heterocycles. The largest absolute Gasteiger partial charge is 0.489 e. The molecule has 0 saturated carbocycles. The third-order valence-corrected chi connectivity index (χ3v) is 3.58. The van der Waals surface area contributed by atoms with E-state index in [4.69, 9.17) is 4.74 Å². The summed E-state index contributed by atoms with van der Waals surface area (Å²) in [6.07, 6.45) is -0.523. The van der Waals surface area contributed by atoms with Gasteiger partial charge in [-0.3, -0.25) is 0 Å². The highest BCUT2D eigenvalue weighted by atomic mass is 16.5. The molecule has 2 heteroatoms. The first-order valence-electron chi connectivity index (χ1n) is 6.95. The smallest absolute Gasteiger partial charge is 0.125 e. The molecule has 1 atom stereocenters. The van der Waals surface area contributed by atoms with Gasteiger partial charge in [-0.25, -0.2) is 0 Å². The summed E-state index contributed by atoms with van der Waals surface area (Å²) in [7, 11) is 0. The highest BCUT2D eigenvalue weighted by Gasteiger charge is 2.09. The van der Waals surface area contributed by atoms with Crippen molar-refractivity contribution in [2.45, 2.75) is 40.4 Å². The normalized spacial score (nSPS) is 12.2. The summed E-state index contributed by atoms with van der Waals surface area (Å²) in [5.41, 5.74) is 5.66. The predicted molar refractivity (Wildman–Crippen MR) is 82.1 cm³/mol. The van der Waals surface area contributed by atoms with Gasteiger partial charge >= 0.3 is 0 Å². The number of rotatable bonds is 4. The van der Waals surface area contributed by atoms with Gasteiger partial charge in [0.1, 0.15) is 12.4 Å². The minimum absolute atomic E-state index is 0.518. The van der Waals surface area contributed by atoms with Crippen molar-refractivity contribution in [2.24, 2.45) is 0 Å². The first-order chi connectivity index (χ1) is 9.47. The summed E-state index contributed by atoms with van der Waals surface area (Å²) < 4.78 is 5.90. The van der Waals surface area contributed by atoms with Gasteiger partial charge in [0.2, 0.25) is 0 Å². The molecule has 2 aromatic carbocycles. The van der Waals surface area contributed by atoms with E-state index in [1.54, 1.807) is 6.92 Å². The summed E-state index contributed by atoms with van der Waals surface area (Å²) in [6, 6.07) is 12.2. The summed E-state index contributed by atoms with van der Waals surface area (Å²) in [5, 5.41) is 9.79. The molecule has 2 nitrogen and oxygen atoms in total. The van der Waals surface area contributed by atoms with Crippen LogP contribution in [0.4, 0.5) is 0 Å². The van der Waals surface area contributed by atoms with Crippen molar-refractivity contribution in [3.8, 4) is 5.75 Å². The topological polar surface area (TPSA) is 29.5 Å². The van der Waals surface area contributed by atoms with Crippen molar-refractivity contribution in [3.63, 3.8) is 0 Å². The van der Waals surface area contributed by atoms with Crippen molar-refractivity contribution >= 4 is 0 Å². The third kappa shape index (κ3) is 3.40. The van der Waals surface area contributed by atoms with E-state index in [1.165, 1.54) is 11.1 Å². The number of benzene rings is 2. The molecule has 0 radical (unpaired) electrons. The van der Waals surface area contributed by atoms with Gasteiger partial charge in [-0.2, -0.15) is 0 Å². The van der Waals surface area contributed by atoms with Crippen LogP contribution in [0.2, 0.25) is 0 Å². The van der Waals surface area contributed by atoms with E-state index in [2.05, 4.69) is 32.0 Å². The minimum Gasteiger partial charge on any atom is -0.489 e. The van der Waals surface area contributed by atoms with Crippen LogP contribution in [0.15, 0.2) is 36.4 Å². The van der Waals surface area contributed by atoms with Crippen molar-refractivity contribution in [1.82, 2.24) is 0 Å². The molecular weight excluding hydrogens is 248 g/mol. The average molecular weight is 270 g/mol. The van der Waals surface area contributed by atoms with Gasteiger partial charge in [0.15, 0.2) is 0 Å². The lowest BCUT2D eigenvalue weighted by molar-refractivity contribution is 0.190. The number of hydrogen-bond donors (Lipinski definition) is 1. The summed E-state index contributed by atoms with van der Waals surface area (Å²) in [4.78, 5) is 0. The molecule has 0 bridgehead atoms. The molecule has 106 valence electrons. The Morgan fingerprint density at radius 2 is 1.75 bits per heavy atom. The summed E-state index contributed by atoms with van der Waals surface area (Å²) in [6.45, 7) is 8.51. The van der Waals surface area contributed by atoms with E-state index < -0.39 is 6.10 Å². The van der Waals surface area contributed by atoms with Gasteiger partial charge in [0.05, 0.1) is 6.10 Å². The zero-order valence-electron chi connectivity index (χ0n) is 12.6. The molecular formula is C18H22O2. The standard InChI is InChI=1S/C18H22O2/c1-12-5-8-17(15(4)19)18(9-12)20-11-16-7-6-13(2)14(3)10-16/h5-10,15,19H,11H2,1-4H3. The molecule has 1 N–H and O–H groups in total. The van der Waals surface area contributed by atoms with Crippen LogP contribution in [0.3, 0.4) is 0 Å². The Balaban J connectivity index is 2.17. The zero-order valence-corrected chi connectivity index (χ0v) is 12.6. The second-order valence-electron chi connectivity index (χ2n) is 5.42. The summed E-state index contributed by atoms with van der Waals surface area (Å²) >= 11 is 0. The number of hydrogen-bond acceptors (Lipinski definition) is 2.